The molecule has 2 saturated carbocycles. The van der Waals surface area contributed by atoms with E-state index in [2.05, 4.69) is 6.92 Å². The maximum atomic E-state index is 11.0. The van der Waals surface area contributed by atoms with Crippen LogP contribution < -0.4 is 0 Å². The third-order valence-corrected chi connectivity index (χ3v) is 3.27. The van der Waals surface area contributed by atoms with Crippen molar-refractivity contribution in [3.05, 3.63) is 0 Å². The molecule has 3 unspecified atom stereocenters. The van der Waals surface area contributed by atoms with Gasteiger partial charge in [0.15, 0.2) is 0 Å². The van der Waals surface area contributed by atoms with Gasteiger partial charge in [0.25, 0.3) is 0 Å². The van der Waals surface area contributed by atoms with Crippen LogP contribution in [0.1, 0.15) is 32.6 Å². The fourth-order valence-corrected chi connectivity index (χ4v) is 2.45. The first-order valence-electron chi connectivity index (χ1n) is 4.32. The lowest BCUT2D eigenvalue weighted by molar-refractivity contribution is -0.138. The number of fused-ring (bicyclic) bond motifs is 1. The van der Waals surface area contributed by atoms with Gasteiger partial charge >= 0.3 is 0 Å². The molecule has 1 heteroatoms. The summed E-state index contributed by atoms with van der Waals surface area (Å²) in [5.74, 6) is 2.64. The van der Waals surface area contributed by atoms with Crippen LogP contribution in [0.25, 0.3) is 0 Å². The monoisotopic (exact) mass is 138 g/mol. The molecule has 2 rings (SSSR count). The van der Waals surface area contributed by atoms with E-state index in [1.807, 2.05) is 0 Å². The van der Waals surface area contributed by atoms with Gasteiger partial charge in [-0.05, 0) is 18.3 Å². The van der Waals surface area contributed by atoms with Crippen molar-refractivity contribution in [3.63, 3.8) is 0 Å². The molecule has 2 aliphatic carbocycles. The van der Waals surface area contributed by atoms with Crippen LogP contribution in [0.4, 0.5) is 0 Å². The largest absolute Gasteiger partial charge is 0.299 e. The molecular formula is C9H14O. The Bertz CT molecular complexity index is 162. The number of hydrogen-bond donors (Lipinski definition) is 0. The molecular weight excluding hydrogens is 124 g/mol. The molecule has 0 amide bonds. The number of carbonyl (C=O) groups is 1. The second kappa shape index (κ2) is 2.08. The highest BCUT2D eigenvalue weighted by Gasteiger charge is 2.43. The minimum absolute atomic E-state index is 0.490. The first-order valence-corrected chi connectivity index (χ1v) is 4.32. The standard InChI is InChI=1S/C9H14O/c1-6-3-2-4-7-8(6)5-9(7)10/h6-8H,2-5H2,1H3. The van der Waals surface area contributed by atoms with E-state index in [0.717, 1.165) is 18.3 Å². The summed E-state index contributed by atoms with van der Waals surface area (Å²) < 4.78 is 0. The molecule has 56 valence electrons. The lowest BCUT2D eigenvalue weighted by atomic mass is 9.60. The molecule has 0 aliphatic heterocycles. The molecule has 0 bridgehead atoms. The Hall–Kier alpha value is -0.330. The van der Waals surface area contributed by atoms with Crippen LogP contribution >= 0.6 is 0 Å². The molecule has 0 spiro atoms. The lowest BCUT2D eigenvalue weighted by Crippen LogP contribution is -2.43. The predicted molar refractivity (Wildman–Crippen MR) is 39.6 cm³/mol. The number of rotatable bonds is 0. The van der Waals surface area contributed by atoms with Crippen LogP contribution in [0, 0.1) is 17.8 Å². The lowest BCUT2D eigenvalue weighted by Gasteiger charge is -2.43. The van der Waals surface area contributed by atoms with E-state index in [0.29, 0.717) is 11.7 Å². The van der Waals surface area contributed by atoms with E-state index < -0.39 is 0 Å². The summed E-state index contributed by atoms with van der Waals surface area (Å²) in [7, 11) is 0. The van der Waals surface area contributed by atoms with Crippen LogP contribution in [-0.2, 0) is 4.79 Å². The molecule has 1 nitrogen and oxygen atoms in total. The van der Waals surface area contributed by atoms with Crippen LogP contribution in [-0.4, -0.2) is 5.78 Å². The Kier molecular flexibility index (Phi) is 1.33. The molecule has 2 fully saturated rings. The second-order valence-corrected chi connectivity index (χ2v) is 3.85. The highest BCUT2D eigenvalue weighted by Crippen LogP contribution is 2.45. The smallest absolute Gasteiger partial charge is 0.136 e. The van der Waals surface area contributed by atoms with Crippen LogP contribution in [0.2, 0.25) is 0 Å². The van der Waals surface area contributed by atoms with E-state index in [-0.39, 0.29) is 0 Å². The minimum atomic E-state index is 0.490. The Labute approximate surface area is 61.8 Å². The van der Waals surface area contributed by atoms with Crippen molar-refractivity contribution in [2.24, 2.45) is 17.8 Å². The van der Waals surface area contributed by atoms with Gasteiger partial charge in [0.1, 0.15) is 5.78 Å². The third-order valence-electron chi connectivity index (χ3n) is 3.27. The normalized spacial score (nSPS) is 46.1. The van der Waals surface area contributed by atoms with E-state index in [1.165, 1.54) is 19.3 Å². The number of hydrogen-bond acceptors (Lipinski definition) is 1. The van der Waals surface area contributed by atoms with E-state index in [1.54, 1.807) is 0 Å². The Balaban J connectivity index is 2.05. The zero-order valence-electron chi connectivity index (χ0n) is 6.47. The molecule has 3 atom stereocenters. The Morgan fingerprint density at radius 3 is 2.80 bits per heavy atom. The van der Waals surface area contributed by atoms with Crippen LogP contribution in [0.3, 0.4) is 0 Å². The maximum absolute atomic E-state index is 11.0. The molecule has 0 radical (unpaired) electrons. The van der Waals surface area contributed by atoms with Gasteiger partial charge in [-0.1, -0.05) is 19.8 Å². The molecule has 10 heavy (non-hydrogen) atoms. The number of Topliss-reactive ketones (excluding diaryl/α,β-unsaturated/α-hetero) is 1. The van der Waals surface area contributed by atoms with Crippen molar-refractivity contribution < 1.29 is 4.79 Å². The average molecular weight is 138 g/mol. The van der Waals surface area contributed by atoms with Crippen molar-refractivity contribution >= 4 is 5.78 Å². The molecule has 2 aliphatic rings. The first kappa shape index (κ1) is 6.38. The molecule has 0 heterocycles. The summed E-state index contributed by atoms with van der Waals surface area (Å²) in [6.45, 7) is 2.29. The van der Waals surface area contributed by atoms with Gasteiger partial charge in [0, 0.05) is 12.3 Å². The van der Waals surface area contributed by atoms with Gasteiger partial charge in [-0.25, -0.2) is 0 Å². The summed E-state index contributed by atoms with van der Waals surface area (Å²) >= 11 is 0. The molecule has 0 N–H and O–H groups in total. The van der Waals surface area contributed by atoms with Crippen molar-refractivity contribution in [2.75, 3.05) is 0 Å². The topological polar surface area (TPSA) is 17.1 Å². The molecule has 0 aromatic heterocycles. The van der Waals surface area contributed by atoms with Gasteiger partial charge in [-0.3, -0.25) is 4.79 Å². The molecule has 0 aromatic rings. The summed E-state index contributed by atoms with van der Waals surface area (Å²) in [6, 6.07) is 0. The Morgan fingerprint density at radius 2 is 2.20 bits per heavy atom. The van der Waals surface area contributed by atoms with Crippen molar-refractivity contribution in [1.29, 1.82) is 0 Å². The fraction of sp³-hybridized carbons (Fsp3) is 0.889. The van der Waals surface area contributed by atoms with Crippen molar-refractivity contribution in [3.8, 4) is 0 Å². The van der Waals surface area contributed by atoms with E-state index in [4.69, 9.17) is 0 Å². The predicted octanol–water partition coefficient (Wildman–Crippen LogP) is 2.01. The number of carbonyl (C=O) groups excluding carboxylic acids is 1. The number of ketones is 1. The zero-order chi connectivity index (χ0) is 7.14. The summed E-state index contributed by atoms with van der Waals surface area (Å²) in [5, 5.41) is 0. The quantitative estimate of drug-likeness (QED) is 0.500. The van der Waals surface area contributed by atoms with Crippen LogP contribution in [0.15, 0.2) is 0 Å². The van der Waals surface area contributed by atoms with Crippen LogP contribution in [0.5, 0.6) is 0 Å². The Morgan fingerprint density at radius 1 is 1.40 bits per heavy atom. The second-order valence-electron chi connectivity index (χ2n) is 3.85. The highest BCUT2D eigenvalue weighted by atomic mass is 16.1. The summed E-state index contributed by atoms with van der Waals surface area (Å²) in [5.41, 5.74) is 0. The average Bonchev–Trinajstić information content (AvgIpc) is 1.91. The minimum Gasteiger partial charge on any atom is -0.299 e. The van der Waals surface area contributed by atoms with Gasteiger partial charge in [0.2, 0.25) is 0 Å². The first-order chi connectivity index (χ1) is 4.79. The molecule has 0 saturated heterocycles. The van der Waals surface area contributed by atoms with Crippen molar-refractivity contribution in [2.45, 2.75) is 32.6 Å². The van der Waals surface area contributed by atoms with Gasteiger partial charge in [0.05, 0.1) is 0 Å². The van der Waals surface area contributed by atoms with Crippen molar-refractivity contribution in [1.82, 2.24) is 0 Å². The van der Waals surface area contributed by atoms with Gasteiger partial charge in [-0.2, -0.15) is 0 Å². The SMILES string of the molecule is CC1CCCC2C(=O)CC12. The van der Waals surface area contributed by atoms with Gasteiger partial charge in [-0.15, -0.1) is 0 Å². The summed E-state index contributed by atoms with van der Waals surface area (Å²) in [4.78, 5) is 11.0. The summed E-state index contributed by atoms with van der Waals surface area (Å²) in [6.07, 6.45) is 4.72. The highest BCUT2D eigenvalue weighted by molar-refractivity contribution is 5.87. The van der Waals surface area contributed by atoms with Gasteiger partial charge < -0.3 is 0 Å². The fourth-order valence-electron chi connectivity index (χ4n) is 2.45. The third kappa shape index (κ3) is 0.727. The maximum Gasteiger partial charge on any atom is 0.136 e. The van der Waals surface area contributed by atoms with E-state index in [9.17, 15) is 4.79 Å². The molecule has 0 aromatic carbocycles. The van der Waals surface area contributed by atoms with E-state index >= 15 is 0 Å². The zero-order valence-corrected chi connectivity index (χ0v) is 6.47.